The first-order valence-electron chi connectivity index (χ1n) is 9.50. The van der Waals surface area contributed by atoms with Gasteiger partial charge in [0.05, 0.1) is 5.92 Å². The van der Waals surface area contributed by atoms with E-state index in [4.69, 9.17) is 0 Å². The van der Waals surface area contributed by atoms with Crippen molar-refractivity contribution in [3.05, 3.63) is 35.4 Å². The van der Waals surface area contributed by atoms with Gasteiger partial charge in [-0.3, -0.25) is 9.69 Å². The van der Waals surface area contributed by atoms with E-state index < -0.39 is 0 Å². The lowest BCUT2D eigenvalue weighted by Crippen LogP contribution is -2.40. The molecule has 0 aliphatic carbocycles. The second-order valence-electron chi connectivity index (χ2n) is 7.51. The molecule has 2 saturated heterocycles. The molecular weight excluding hydrogens is 298 g/mol. The van der Waals surface area contributed by atoms with Gasteiger partial charge in [-0.1, -0.05) is 31.2 Å². The molecule has 1 aromatic rings. The van der Waals surface area contributed by atoms with Crippen molar-refractivity contribution in [1.29, 1.82) is 0 Å². The summed E-state index contributed by atoms with van der Waals surface area (Å²) in [5.41, 5.74) is 2.61. The summed E-state index contributed by atoms with van der Waals surface area (Å²) in [7, 11) is 0. The molecule has 132 valence electrons. The number of rotatable bonds is 5. The average molecular weight is 329 g/mol. The minimum absolute atomic E-state index is 0.133. The van der Waals surface area contributed by atoms with Crippen molar-refractivity contribution in [2.75, 3.05) is 26.2 Å². The van der Waals surface area contributed by atoms with Crippen molar-refractivity contribution >= 4 is 5.91 Å². The second-order valence-corrected chi connectivity index (χ2v) is 7.51. The summed E-state index contributed by atoms with van der Waals surface area (Å²) in [4.78, 5) is 14.9. The van der Waals surface area contributed by atoms with Crippen LogP contribution in [0.1, 0.15) is 43.7 Å². The van der Waals surface area contributed by atoms with Crippen LogP contribution in [0.2, 0.25) is 0 Å². The van der Waals surface area contributed by atoms with Crippen molar-refractivity contribution < 1.29 is 4.79 Å². The zero-order chi connectivity index (χ0) is 16.8. The number of carbonyl (C=O) groups is 1. The number of carbonyl (C=O) groups excluding carboxylic acids is 1. The number of hydrogen-bond donors (Lipinski definition) is 2. The van der Waals surface area contributed by atoms with Gasteiger partial charge < -0.3 is 10.6 Å². The third kappa shape index (κ3) is 4.81. The molecule has 3 rings (SSSR count). The molecule has 4 heteroatoms. The molecule has 2 atom stereocenters. The molecular formula is C20H31N3O. The van der Waals surface area contributed by atoms with Crippen molar-refractivity contribution in [1.82, 2.24) is 15.5 Å². The van der Waals surface area contributed by atoms with Gasteiger partial charge in [0, 0.05) is 26.2 Å². The second kappa shape index (κ2) is 8.63. The normalized spacial score (nSPS) is 25.4. The molecule has 0 saturated carbocycles. The number of piperidine rings is 2. The van der Waals surface area contributed by atoms with Crippen LogP contribution in [0.4, 0.5) is 0 Å². The molecule has 2 aliphatic heterocycles. The molecule has 2 fully saturated rings. The van der Waals surface area contributed by atoms with E-state index in [1.165, 1.54) is 37.1 Å². The molecule has 2 unspecified atom stereocenters. The van der Waals surface area contributed by atoms with Crippen LogP contribution in [-0.2, 0) is 17.9 Å². The summed E-state index contributed by atoms with van der Waals surface area (Å²) in [6.07, 6.45) is 4.76. The summed E-state index contributed by atoms with van der Waals surface area (Å²) in [5, 5.41) is 6.47. The highest BCUT2D eigenvalue weighted by atomic mass is 16.1. The molecule has 2 aliphatic rings. The summed E-state index contributed by atoms with van der Waals surface area (Å²) in [6.45, 7) is 8.24. The highest BCUT2D eigenvalue weighted by molar-refractivity contribution is 5.79. The lowest BCUT2D eigenvalue weighted by molar-refractivity contribution is -0.125. The quantitative estimate of drug-likeness (QED) is 0.872. The predicted molar refractivity (Wildman–Crippen MR) is 97.6 cm³/mol. The molecule has 2 heterocycles. The fourth-order valence-electron chi connectivity index (χ4n) is 3.96. The Morgan fingerprint density at radius 2 is 2.08 bits per heavy atom. The molecule has 0 radical (unpaired) electrons. The van der Waals surface area contributed by atoms with Gasteiger partial charge in [0.2, 0.25) is 5.91 Å². The van der Waals surface area contributed by atoms with Gasteiger partial charge in [-0.15, -0.1) is 0 Å². The molecule has 0 bridgehead atoms. The van der Waals surface area contributed by atoms with Crippen molar-refractivity contribution in [2.24, 2.45) is 11.8 Å². The SMILES string of the molecule is CC1CCCN(Cc2ccccc2CNC(=O)C2CCCNC2)C1. The van der Waals surface area contributed by atoms with Gasteiger partial charge in [0.25, 0.3) is 0 Å². The van der Waals surface area contributed by atoms with Crippen LogP contribution < -0.4 is 10.6 Å². The highest BCUT2D eigenvalue weighted by Gasteiger charge is 2.21. The van der Waals surface area contributed by atoms with E-state index in [9.17, 15) is 4.79 Å². The van der Waals surface area contributed by atoms with E-state index in [0.717, 1.165) is 38.4 Å². The molecule has 4 nitrogen and oxygen atoms in total. The van der Waals surface area contributed by atoms with Gasteiger partial charge in [-0.05, 0) is 55.8 Å². The summed E-state index contributed by atoms with van der Waals surface area (Å²) in [6, 6.07) is 8.55. The Bertz CT molecular complexity index is 539. The van der Waals surface area contributed by atoms with Crippen LogP contribution in [0.15, 0.2) is 24.3 Å². The van der Waals surface area contributed by atoms with Crippen LogP contribution in [0, 0.1) is 11.8 Å². The summed E-state index contributed by atoms with van der Waals surface area (Å²) in [5.74, 6) is 1.13. The predicted octanol–water partition coefficient (Wildman–Crippen LogP) is 2.53. The van der Waals surface area contributed by atoms with E-state index in [2.05, 4.69) is 46.7 Å². The summed E-state index contributed by atoms with van der Waals surface area (Å²) >= 11 is 0. The lowest BCUT2D eigenvalue weighted by atomic mass is 9.98. The highest BCUT2D eigenvalue weighted by Crippen LogP contribution is 2.19. The minimum Gasteiger partial charge on any atom is -0.352 e. The number of benzene rings is 1. The number of likely N-dealkylation sites (tertiary alicyclic amines) is 1. The maximum Gasteiger partial charge on any atom is 0.224 e. The van der Waals surface area contributed by atoms with Gasteiger partial charge in [0.15, 0.2) is 0 Å². The monoisotopic (exact) mass is 329 g/mol. The number of nitrogens with one attached hydrogen (secondary N) is 2. The molecule has 2 N–H and O–H groups in total. The van der Waals surface area contributed by atoms with Gasteiger partial charge >= 0.3 is 0 Å². The maximum absolute atomic E-state index is 12.4. The Kier molecular flexibility index (Phi) is 6.27. The first kappa shape index (κ1) is 17.4. The Morgan fingerprint density at radius 3 is 2.83 bits per heavy atom. The van der Waals surface area contributed by atoms with Crippen LogP contribution in [-0.4, -0.2) is 37.0 Å². The number of amides is 1. The Morgan fingerprint density at radius 1 is 1.25 bits per heavy atom. The van der Waals surface area contributed by atoms with Gasteiger partial charge in [-0.25, -0.2) is 0 Å². The Labute approximate surface area is 146 Å². The van der Waals surface area contributed by atoms with E-state index in [0.29, 0.717) is 6.54 Å². The molecule has 1 amide bonds. The number of hydrogen-bond acceptors (Lipinski definition) is 3. The van der Waals surface area contributed by atoms with E-state index in [1.54, 1.807) is 0 Å². The van der Waals surface area contributed by atoms with E-state index in [1.807, 2.05) is 0 Å². The van der Waals surface area contributed by atoms with Crippen LogP contribution in [0.25, 0.3) is 0 Å². The third-order valence-corrected chi connectivity index (χ3v) is 5.37. The fourth-order valence-corrected chi connectivity index (χ4v) is 3.96. The van der Waals surface area contributed by atoms with Gasteiger partial charge in [0.1, 0.15) is 0 Å². The number of nitrogens with zero attached hydrogens (tertiary/aromatic N) is 1. The third-order valence-electron chi connectivity index (χ3n) is 5.37. The minimum atomic E-state index is 0.133. The first-order chi connectivity index (χ1) is 11.7. The zero-order valence-corrected chi connectivity index (χ0v) is 14.9. The molecule has 24 heavy (non-hydrogen) atoms. The lowest BCUT2D eigenvalue weighted by Gasteiger charge is -2.31. The molecule has 0 aromatic heterocycles. The topological polar surface area (TPSA) is 44.4 Å². The van der Waals surface area contributed by atoms with Crippen LogP contribution >= 0.6 is 0 Å². The smallest absolute Gasteiger partial charge is 0.224 e. The van der Waals surface area contributed by atoms with Crippen LogP contribution in [0.3, 0.4) is 0 Å². The Hall–Kier alpha value is -1.39. The molecule has 1 aromatic carbocycles. The zero-order valence-electron chi connectivity index (χ0n) is 14.9. The van der Waals surface area contributed by atoms with Gasteiger partial charge in [-0.2, -0.15) is 0 Å². The van der Waals surface area contributed by atoms with Crippen molar-refractivity contribution in [3.63, 3.8) is 0 Å². The van der Waals surface area contributed by atoms with Crippen molar-refractivity contribution in [2.45, 2.75) is 45.7 Å². The standard InChI is InChI=1S/C20H31N3O/c1-16-6-5-11-23(14-16)15-19-8-3-2-7-17(19)13-22-20(24)18-9-4-10-21-12-18/h2-3,7-8,16,18,21H,4-6,9-15H2,1H3,(H,22,24). The largest absolute Gasteiger partial charge is 0.352 e. The fraction of sp³-hybridized carbons (Fsp3) is 0.650. The summed E-state index contributed by atoms with van der Waals surface area (Å²) < 4.78 is 0. The van der Waals surface area contributed by atoms with E-state index in [-0.39, 0.29) is 11.8 Å². The van der Waals surface area contributed by atoms with E-state index >= 15 is 0 Å². The first-order valence-corrected chi connectivity index (χ1v) is 9.50. The maximum atomic E-state index is 12.4. The Balaban J connectivity index is 1.56. The molecule has 0 spiro atoms. The van der Waals surface area contributed by atoms with Crippen molar-refractivity contribution in [3.8, 4) is 0 Å². The van der Waals surface area contributed by atoms with Crippen LogP contribution in [0.5, 0.6) is 0 Å². The average Bonchev–Trinajstić information content (AvgIpc) is 2.61.